The number of amides is 2. The zero-order chi connectivity index (χ0) is 17.2. The summed E-state index contributed by atoms with van der Waals surface area (Å²) in [4.78, 5) is 27.3. The van der Waals surface area contributed by atoms with Gasteiger partial charge in [0.05, 0.1) is 12.3 Å². The highest BCUT2D eigenvalue weighted by Gasteiger charge is 2.51. The SMILES string of the molecule is CC(C)NC(=O)[C@H]1CN(C(=O)Cc2ccsc2)CC12CCOCC2. The fourth-order valence-electron chi connectivity index (χ4n) is 3.87. The molecule has 2 aliphatic heterocycles. The Labute approximate surface area is 147 Å². The molecule has 0 radical (unpaired) electrons. The molecule has 3 rings (SSSR count). The van der Waals surface area contributed by atoms with Crippen LogP contribution < -0.4 is 5.32 Å². The summed E-state index contributed by atoms with van der Waals surface area (Å²) < 4.78 is 5.51. The number of nitrogens with zero attached hydrogens (tertiary/aromatic N) is 1. The van der Waals surface area contributed by atoms with E-state index in [1.54, 1.807) is 11.3 Å². The van der Waals surface area contributed by atoms with Gasteiger partial charge >= 0.3 is 0 Å². The van der Waals surface area contributed by atoms with Gasteiger partial charge in [-0.3, -0.25) is 9.59 Å². The lowest BCUT2D eigenvalue weighted by atomic mass is 9.71. The minimum Gasteiger partial charge on any atom is -0.381 e. The Morgan fingerprint density at radius 2 is 2.17 bits per heavy atom. The molecule has 2 saturated heterocycles. The molecule has 2 fully saturated rings. The van der Waals surface area contributed by atoms with Crippen molar-refractivity contribution in [1.82, 2.24) is 10.2 Å². The molecule has 0 aromatic carbocycles. The maximum atomic E-state index is 12.7. The highest BCUT2D eigenvalue weighted by molar-refractivity contribution is 7.08. The average Bonchev–Trinajstić information content (AvgIpc) is 3.16. The molecule has 6 heteroatoms. The number of carbonyl (C=O) groups excluding carboxylic acids is 2. The molecule has 1 aromatic heterocycles. The van der Waals surface area contributed by atoms with Crippen LogP contribution in [-0.2, 0) is 20.7 Å². The van der Waals surface area contributed by atoms with Gasteiger partial charge in [0.15, 0.2) is 0 Å². The van der Waals surface area contributed by atoms with Gasteiger partial charge in [0.25, 0.3) is 0 Å². The normalized spacial score (nSPS) is 23.0. The summed E-state index contributed by atoms with van der Waals surface area (Å²) in [6.07, 6.45) is 2.13. The zero-order valence-corrected chi connectivity index (χ0v) is 15.2. The van der Waals surface area contributed by atoms with E-state index in [9.17, 15) is 9.59 Å². The number of carbonyl (C=O) groups is 2. The van der Waals surface area contributed by atoms with Crippen molar-refractivity contribution in [1.29, 1.82) is 0 Å². The zero-order valence-electron chi connectivity index (χ0n) is 14.4. The first kappa shape index (κ1) is 17.4. The van der Waals surface area contributed by atoms with Gasteiger partial charge in [-0.05, 0) is 49.1 Å². The smallest absolute Gasteiger partial charge is 0.227 e. The van der Waals surface area contributed by atoms with Crippen LogP contribution in [0.5, 0.6) is 0 Å². The number of rotatable bonds is 4. The van der Waals surface area contributed by atoms with Crippen LogP contribution in [0.15, 0.2) is 16.8 Å². The van der Waals surface area contributed by atoms with Crippen molar-refractivity contribution in [2.24, 2.45) is 11.3 Å². The third-order valence-corrected chi connectivity index (χ3v) is 5.90. The Kier molecular flexibility index (Phi) is 5.25. The Balaban J connectivity index is 1.74. The molecule has 0 aliphatic carbocycles. The van der Waals surface area contributed by atoms with E-state index in [1.807, 2.05) is 35.6 Å². The Morgan fingerprint density at radius 3 is 2.79 bits per heavy atom. The van der Waals surface area contributed by atoms with Crippen LogP contribution >= 0.6 is 11.3 Å². The maximum absolute atomic E-state index is 12.7. The monoisotopic (exact) mass is 350 g/mol. The van der Waals surface area contributed by atoms with Crippen molar-refractivity contribution in [3.8, 4) is 0 Å². The van der Waals surface area contributed by atoms with E-state index in [0.29, 0.717) is 32.7 Å². The largest absolute Gasteiger partial charge is 0.381 e. The van der Waals surface area contributed by atoms with E-state index in [4.69, 9.17) is 4.74 Å². The van der Waals surface area contributed by atoms with Crippen LogP contribution in [0, 0.1) is 11.3 Å². The highest BCUT2D eigenvalue weighted by Crippen LogP contribution is 2.44. The Morgan fingerprint density at radius 1 is 1.42 bits per heavy atom. The quantitative estimate of drug-likeness (QED) is 0.904. The van der Waals surface area contributed by atoms with Crippen molar-refractivity contribution in [2.45, 2.75) is 39.2 Å². The molecule has 5 nitrogen and oxygen atoms in total. The van der Waals surface area contributed by atoms with Crippen LogP contribution in [-0.4, -0.2) is 49.1 Å². The standard InChI is InChI=1S/C18H26N2O3S/c1-13(2)19-17(22)15-10-20(12-18(15)4-6-23-7-5-18)16(21)9-14-3-8-24-11-14/h3,8,11,13,15H,4-7,9-10,12H2,1-2H3,(H,19,22)/t15-/m1/s1. The molecule has 2 amide bonds. The van der Waals surface area contributed by atoms with Crippen molar-refractivity contribution < 1.29 is 14.3 Å². The second-order valence-corrected chi connectivity index (χ2v) is 8.05. The third kappa shape index (κ3) is 3.64. The maximum Gasteiger partial charge on any atom is 0.227 e. The van der Waals surface area contributed by atoms with Crippen LogP contribution in [0.25, 0.3) is 0 Å². The van der Waals surface area contributed by atoms with E-state index in [1.165, 1.54) is 0 Å². The summed E-state index contributed by atoms with van der Waals surface area (Å²) in [5.74, 6) is 0.0760. The minimum absolute atomic E-state index is 0.0812. The second-order valence-electron chi connectivity index (χ2n) is 7.27. The van der Waals surface area contributed by atoms with Gasteiger partial charge in [-0.1, -0.05) is 0 Å². The molecule has 0 unspecified atom stereocenters. The summed E-state index contributed by atoms with van der Waals surface area (Å²) in [6, 6.07) is 2.11. The molecule has 1 N–H and O–H groups in total. The first-order valence-electron chi connectivity index (χ1n) is 8.67. The molecule has 24 heavy (non-hydrogen) atoms. The predicted molar refractivity (Wildman–Crippen MR) is 93.9 cm³/mol. The first-order chi connectivity index (χ1) is 11.5. The number of hydrogen-bond donors (Lipinski definition) is 1. The fourth-order valence-corrected chi connectivity index (χ4v) is 4.54. The van der Waals surface area contributed by atoms with Gasteiger partial charge in [0.2, 0.25) is 11.8 Å². The van der Waals surface area contributed by atoms with E-state index >= 15 is 0 Å². The molecule has 132 valence electrons. The molecule has 2 aliphatic rings. The molecule has 1 atom stereocenters. The molecule has 3 heterocycles. The number of thiophene rings is 1. The summed E-state index contributed by atoms with van der Waals surface area (Å²) >= 11 is 1.61. The second kappa shape index (κ2) is 7.23. The summed E-state index contributed by atoms with van der Waals surface area (Å²) in [7, 11) is 0. The van der Waals surface area contributed by atoms with Crippen molar-refractivity contribution in [2.75, 3.05) is 26.3 Å². The first-order valence-corrected chi connectivity index (χ1v) is 9.61. The molecular formula is C18H26N2O3S. The number of likely N-dealkylation sites (tertiary alicyclic amines) is 1. The average molecular weight is 350 g/mol. The van der Waals surface area contributed by atoms with Crippen molar-refractivity contribution >= 4 is 23.2 Å². The lowest BCUT2D eigenvalue weighted by Crippen LogP contribution is -2.46. The topological polar surface area (TPSA) is 58.6 Å². The van der Waals surface area contributed by atoms with Gasteiger partial charge in [-0.25, -0.2) is 0 Å². The van der Waals surface area contributed by atoms with Gasteiger partial charge in [-0.2, -0.15) is 11.3 Å². The molecule has 0 saturated carbocycles. The molecule has 1 aromatic rings. The number of hydrogen-bond acceptors (Lipinski definition) is 4. The minimum atomic E-state index is -0.129. The predicted octanol–water partition coefficient (Wildman–Crippen LogP) is 2.07. The van der Waals surface area contributed by atoms with Crippen LogP contribution in [0.2, 0.25) is 0 Å². The Bertz CT molecular complexity index is 579. The van der Waals surface area contributed by atoms with Crippen LogP contribution in [0.1, 0.15) is 32.3 Å². The van der Waals surface area contributed by atoms with Gasteiger partial charge in [0, 0.05) is 37.8 Å². The fraction of sp³-hybridized carbons (Fsp3) is 0.667. The van der Waals surface area contributed by atoms with Crippen molar-refractivity contribution in [3.63, 3.8) is 0 Å². The van der Waals surface area contributed by atoms with E-state index in [-0.39, 0.29) is 29.2 Å². The van der Waals surface area contributed by atoms with Gasteiger partial charge < -0.3 is 15.0 Å². The van der Waals surface area contributed by atoms with Crippen LogP contribution in [0.4, 0.5) is 0 Å². The molecule has 1 spiro atoms. The molecule has 0 bridgehead atoms. The lowest BCUT2D eigenvalue weighted by Gasteiger charge is -2.37. The summed E-state index contributed by atoms with van der Waals surface area (Å²) in [5.41, 5.74) is 0.933. The molecular weight excluding hydrogens is 324 g/mol. The third-order valence-electron chi connectivity index (χ3n) is 5.17. The highest BCUT2D eigenvalue weighted by atomic mass is 32.1. The Hall–Kier alpha value is -1.40. The summed E-state index contributed by atoms with van der Waals surface area (Å²) in [6.45, 7) is 6.51. The van der Waals surface area contributed by atoms with E-state index in [2.05, 4.69) is 5.32 Å². The van der Waals surface area contributed by atoms with Gasteiger partial charge in [-0.15, -0.1) is 0 Å². The van der Waals surface area contributed by atoms with Crippen molar-refractivity contribution in [3.05, 3.63) is 22.4 Å². The van der Waals surface area contributed by atoms with E-state index in [0.717, 1.165) is 18.4 Å². The number of ether oxygens (including phenoxy) is 1. The van der Waals surface area contributed by atoms with Crippen LogP contribution in [0.3, 0.4) is 0 Å². The lowest BCUT2D eigenvalue weighted by molar-refractivity contribution is -0.130. The number of nitrogens with one attached hydrogen (secondary N) is 1. The summed E-state index contributed by atoms with van der Waals surface area (Å²) in [5, 5.41) is 7.05. The van der Waals surface area contributed by atoms with Gasteiger partial charge in [0.1, 0.15) is 0 Å². The van der Waals surface area contributed by atoms with E-state index < -0.39 is 0 Å².